The van der Waals surface area contributed by atoms with E-state index in [0.29, 0.717) is 5.92 Å². The summed E-state index contributed by atoms with van der Waals surface area (Å²) >= 11 is 0. The van der Waals surface area contributed by atoms with E-state index in [1.165, 1.54) is 6.08 Å². The predicted octanol–water partition coefficient (Wildman–Crippen LogP) is 2.01. The maximum atomic E-state index is 10.7. The van der Waals surface area contributed by atoms with Crippen LogP contribution in [0.3, 0.4) is 0 Å². The number of hydrogen-bond donors (Lipinski definition) is 1. The summed E-state index contributed by atoms with van der Waals surface area (Å²) in [5.41, 5.74) is 1.00. The summed E-state index contributed by atoms with van der Waals surface area (Å²) in [6.45, 7) is 11.1. The average molecular weight is 165 g/mol. The smallest absolute Gasteiger partial charge is 0.247 e. The van der Waals surface area contributed by atoms with Crippen molar-refractivity contribution in [1.82, 2.24) is 5.32 Å². The molecule has 0 atom stereocenters. The Morgan fingerprint density at radius 2 is 1.92 bits per heavy atom. The van der Waals surface area contributed by atoms with Crippen LogP contribution >= 0.6 is 0 Å². The van der Waals surface area contributed by atoms with E-state index >= 15 is 0 Å². The molecule has 0 bridgehead atoms. The molecule has 0 aliphatic heterocycles. The Morgan fingerprint density at radius 1 is 1.33 bits per heavy atom. The summed E-state index contributed by atoms with van der Waals surface area (Å²) < 4.78 is 0. The highest BCUT2D eigenvalue weighted by Crippen LogP contribution is 2.08. The van der Waals surface area contributed by atoms with Crippen molar-refractivity contribution in [1.29, 1.82) is 0 Å². The molecule has 0 rings (SSSR count). The lowest BCUT2D eigenvalue weighted by molar-refractivity contribution is -0.115. The average Bonchev–Trinajstić information content (AvgIpc) is 2.04. The lowest BCUT2D eigenvalue weighted by atomic mass is 10.1. The fraction of sp³-hybridized carbons (Fsp3) is 0.300. The molecule has 1 N–H and O–H groups in total. The molecule has 0 aromatic heterocycles. The zero-order chi connectivity index (χ0) is 9.56. The van der Waals surface area contributed by atoms with Gasteiger partial charge in [0.2, 0.25) is 5.91 Å². The largest absolute Gasteiger partial charge is 0.329 e. The molecule has 0 unspecified atom stereocenters. The van der Waals surface area contributed by atoms with E-state index in [-0.39, 0.29) is 5.91 Å². The van der Waals surface area contributed by atoms with Gasteiger partial charge in [0.05, 0.1) is 0 Å². The maximum absolute atomic E-state index is 10.7. The molecule has 2 heteroatoms. The molecular weight excluding hydrogens is 150 g/mol. The lowest BCUT2D eigenvalue weighted by Crippen LogP contribution is -2.14. The third kappa shape index (κ3) is 3.76. The van der Waals surface area contributed by atoms with Gasteiger partial charge < -0.3 is 5.32 Å². The predicted molar refractivity (Wildman–Crippen MR) is 51.5 cm³/mol. The Labute approximate surface area is 73.7 Å². The van der Waals surface area contributed by atoms with Gasteiger partial charge in [0, 0.05) is 6.20 Å². The van der Waals surface area contributed by atoms with Gasteiger partial charge in [-0.25, -0.2) is 0 Å². The number of carbonyl (C=O) groups excluding carboxylic acids is 1. The first-order chi connectivity index (χ1) is 5.61. The number of nitrogens with one attached hydrogen (secondary N) is 1. The van der Waals surface area contributed by atoms with Crippen molar-refractivity contribution < 1.29 is 4.79 Å². The lowest BCUT2D eigenvalue weighted by Gasteiger charge is -2.05. The minimum atomic E-state index is -0.199. The van der Waals surface area contributed by atoms with Crippen LogP contribution in [-0.4, -0.2) is 5.91 Å². The van der Waals surface area contributed by atoms with Gasteiger partial charge in [-0.05, 0) is 17.6 Å². The summed E-state index contributed by atoms with van der Waals surface area (Å²) in [6, 6.07) is 0. The Balaban J connectivity index is 4.21. The van der Waals surface area contributed by atoms with E-state index in [2.05, 4.69) is 18.5 Å². The number of carbonyl (C=O) groups is 1. The van der Waals surface area contributed by atoms with E-state index in [0.717, 1.165) is 5.57 Å². The van der Waals surface area contributed by atoms with E-state index in [9.17, 15) is 4.79 Å². The first kappa shape index (κ1) is 10.7. The van der Waals surface area contributed by atoms with Crippen LogP contribution in [0, 0.1) is 5.92 Å². The summed E-state index contributed by atoms with van der Waals surface area (Å²) in [4.78, 5) is 10.7. The summed E-state index contributed by atoms with van der Waals surface area (Å²) in [5.74, 6) is 0.169. The topological polar surface area (TPSA) is 29.1 Å². The normalized spacial score (nSPS) is 11.1. The van der Waals surface area contributed by atoms with Crippen LogP contribution in [0.2, 0.25) is 0 Å². The van der Waals surface area contributed by atoms with Crippen LogP contribution in [0.4, 0.5) is 0 Å². The Hall–Kier alpha value is -1.31. The minimum absolute atomic E-state index is 0.199. The van der Waals surface area contributed by atoms with Gasteiger partial charge in [-0.2, -0.15) is 0 Å². The quantitative estimate of drug-likeness (QED) is 0.501. The highest BCUT2D eigenvalue weighted by molar-refractivity contribution is 5.87. The molecule has 66 valence electrons. The molecule has 0 aromatic rings. The zero-order valence-electron chi connectivity index (χ0n) is 7.63. The van der Waals surface area contributed by atoms with Crippen LogP contribution in [0.15, 0.2) is 37.1 Å². The molecule has 0 heterocycles. The van der Waals surface area contributed by atoms with E-state index in [1.54, 1.807) is 12.3 Å². The second-order valence-electron chi connectivity index (χ2n) is 2.72. The second-order valence-corrected chi connectivity index (χ2v) is 2.72. The molecule has 2 nitrogen and oxygen atoms in total. The first-order valence-corrected chi connectivity index (χ1v) is 3.87. The van der Waals surface area contributed by atoms with E-state index in [1.807, 2.05) is 13.8 Å². The fourth-order valence-electron chi connectivity index (χ4n) is 0.675. The van der Waals surface area contributed by atoms with Crippen LogP contribution in [0.1, 0.15) is 13.8 Å². The molecular formula is C10H15NO. The summed E-state index contributed by atoms with van der Waals surface area (Å²) in [6.07, 6.45) is 4.62. The third-order valence-electron chi connectivity index (χ3n) is 1.47. The third-order valence-corrected chi connectivity index (χ3v) is 1.47. The van der Waals surface area contributed by atoms with Crippen molar-refractivity contribution >= 4 is 5.91 Å². The van der Waals surface area contributed by atoms with Crippen molar-refractivity contribution in [3.63, 3.8) is 0 Å². The van der Waals surface area contributed by atoms with Crippen molar-refractivity contribution in [3.8, 4) is 0 Å². The molecule has 0 aliphatic rings. The summed E-state index contributed by atoms with van der Waals surface area (Å²) in [5, 5.41) is 2.57. The standard InChI is InChI=1S/C10H15NO/c1-5-9(8(3)4)7-11-10(12)6-2/h5-8H,1-2H2,3-4H3,(H,11,12)/b9-7+. The minimum Gasteiger partial charge on any atom is -0.329 e. The van der Waals surface area contributed by atoms with Gasteiger partial charge in [0.15, 0.2) is 0 Å². The summed E-state index contributed by atoms with van der Waals surface area (Å²) in [7, 11) is 0. The molecule has 1 amide bonds. The first-order valence-electron chi connectivity index (χ1n) is 3.87. The SMILES string of the molecule is C=CC(=O)N/C=C(\C=C)C(C)C. The highest BCUT2D eigenvalue weighted by Gasteiger charge is 1.97. The molecule has 0 fully saturated rings. The van der Waals surface area contributed by atoms with Gasteiger partial charge in [-0.15, -0.1) is 0 Å². The van der Waals surface area contributed by atoms with Gasteiger partial charge in [-0.1, -0.05) is 33.1 Å². The van der Waals surface area contributed by atoms with E-state index < -0.39 is 0 Å². The van der Waals surface area contributed by atoms with Gasteiger partial charge >= 0.3 is 0 Å². The molecule has 0 radical (unpaired) electrons. The number of rotatable bonds is 4. The van der Waals surface area contributed by atoms with Crippen LogP contribution in [0.5, 0.6) is 0 Å². The Morgan fingerprint density at radius 3 is 2.25 bits per heavy atom. The molecule has 0 spiro atoms. The molecule has 0 saturated carbocycles. The number of amides is 1. The molecule has 12 heavy (non-hydrogen) atoms. The Kier molecular flexibility index (Phi) is 4.77. The molecule has 0 saturated heterocycles. The molecule has 0 aromatic carbocycles. The maximum Gasteiger partial charge on any atom is 0.247 e. The van der Waals surface area contributed by atoms with Crippen LogP contribution in [0.25, 0.3) is 0 Å². The zero-order valence-corrected chi connectivity index (χ0v) is 7.63. The van der Waals surface area contributed by atoms with Crippen molar-refractivity contribution in [2.45, 2.75) is 13.8 Å². The fourth-order valence-corrected chi connectivity index (χ4v) is 0.675. The number of hydrogen-bond acceptors (Lipinski definition) is 1. The monoisotopic (exact) mass is 165 g/mol. The van der Waals surface area contributed by atoms with Crippen molar-refractivity contribution in [3.05, 3.63) is 37.1 Å². The molecule has 0 aliphatic carbocycles. The van der Waals surface area contributed by atoms with Gasteiger partial charge in [0.1, 0.15) is 0 Å². The van der Waals surface area contributed by atoms with Crippen molar-refractivity contribution in [2.24, 2.45) is 5.92 Å². The van der Waals surface area contributed by atoms with E-state index in [4.69, 9.17) is 0 Å². The van der Waals surface area contributed by atoms with Crippen LogP contribution in [-0.2, 0) is 4.79 Å². The second kappa shape index (κ2) is 5.35. The highest BCUT2D eigenvalue weighted by atomic mass is 16.1. The number of allylic oxidation sites excluding steroid dienone is 2. The van der Waals surface area contributed by atoms with Gasteiger partial charge in [0.25, 0.3) is 0 Å². The Bertz CT molecular complexity index is 214. The van der Waals surface area contributed by atoms with Crippen molar-refractivity contribution in [2.75, 3.05) is 0 Å². The van der Waals surface area contributed by atoms with Gasteiger partial charge in [-0.3, -0.25) is 4.79 Å². The van der Waals surface area contributed by atoms with Crippen LogP contribution < -0.4 is 5.32 Å².